The van der Waals surface area contributed by atoms with Crippen molar-refractivity contribution in [3.05, 3.63) is 17.5 Å². The summed E-state index contributed by atoms with van der Waals surface area (Å²) >= 11 is 0. The maximum atomic E-state index is 11.6. The van der Waals surface area contributed by atoms with Gasteiger partial charge in [0.1, 0.15) is 0 Å². The van der Waals surface area contributed by atoms with E-state index < -0.39 is 0 Å². The lowest BCUT2D eigenvalue weighted by Gasteiger charge is -2.06. The van der Waals surface area contributed by atoms with E-state index in [1.54, 1.807) is 0 Å². The van der Waals surface area contributed by atoms with E-state index in [4.69, 9.17) is 9.26 Å². The van der Waals surface area contributed by atoms with Gasteiger partial charge in [0, 0.05) is 12.7 Å². The van der Waals surface area contributed by atoms with Gasteiger partial charge in [-0.3, -0.25) is 4.79 Å². The molecule has 1 unspecified atom stereocenters. The number of amides is 1. The molecule has 0 saturated carbocycles. The van der Waals surface area contributed by atoms with Crippen LogP contribution in [-0.4, -0.2) is 24.3 Å². The Kier molecular flexibility index (Phi) is 3.01. The van der Waals surface area contributed by atoms with Crippen molar-refractivity contribution < 1.29 is 14.1 Å². The number of nitrogens with zero attached hydrogens (tertiary/aromatic N) is 1. The summed E-state index contributed by atoms with van der Waals surface area (Å²) in [6.07, 6.45) is 0.807. The van der Waals surface area contributed by atoms with Gasteiger partial charge in [0.15, 0.2) is 5.76 Å². The fourth-order valence-corrected chi connectivity index (χ4v) is 1.56. The molecular formula is C10H14N2O3. The van der Waals surface area contributed by atoms with E-state index in [2.05, 4.69) is 10.5 Å². The van der Waals surface area contributed by atoms with Crippen LogP contribution in [0.15, 0.2) is 10.6 Å². The maximum absolute atomic E-state index is 11.6. The zero-order valence-electron chi connectivity index (χ0n) is 8.66. The van der Waals surface area contributed by atoms with Gasteiger partial charge in [0.05, 0.1) is 24.8 Å². The summed E-state index contributed by atoms with van der Waals surface area (Å²) in [5.74, 6) is 0.704. The van der Waals surface area contributed by atoms with Crippen molar-refractivity contribution in [2.24, 2.45) is 5.92 Å². The smallest absolute Gasteiger partial charge is 0.225 e. The van der Waals surface area contributed by atoms with Gasteiger partial charge in [-0.1, -0.05) is 5.16 Å². The van der Waals surface area contributed by atoms with E-state index in [9.17, 15) is 4.79 Å². The molecule has 82 valence electrons. The van der Waals surface area contributed by atoms with Crippen LogP contribution in [0.1, 0.15) is 17.9 Å². The molecule has 0 spiro atoms. The number of rotatable bonds is 3. The normalized spacial score (nSPS) is 20.5. The van der Waals surface area contributed by atoms with E-state index in [0.29, 0.717) is 25.5 Å². The minimum atomic E-state index is -0.00554. The largest absolute Gasteiger partial charge is 0.381 e. The third-order valence-electron chi connectivity index (χ3n) is 2.41. The molecule has 1 fully saturated rings. The van der Waals surface area contributed by atoms with Crippen LogP contribution < -0.4 is 5.32 Å². The van der Waals surface area contributed by atoms with Crippen LogP contribution in [0.3, 0.4) is 0 Å². The fourth-order valence-electron chi connectivity index (χ4n) is 1.56. The van der Waals surface area contributed by atoms with E-state index in [-0.39, 0.29) is 11.8 Å². The van der Waals surface area contributed by atoms with Crippen molar-refractivity contribution in [1.29, 1.82) is 0 Å². The third kappa shape index (κ3) is 2.56. The van der Waals surface area contributed by atoms with Crippen LogP contribution in [0.25, 0.3) is 0 Å². The molecule has 1 aromatic heterocycles. The third-order valence-corrected chi connectivity index (χ3v) is 2.41. The summed E-state index contributed by atoms with van der Waals surface area (Å²) in [7, 11) is 0. The Morgan fingerprint density at radius 2 is 2.60 bits per heavy atom. The van der Waals surface area contributed by atoms with Gasteiger partial charge in [0.2, 0.25) is 5.91 Å². The van der Waals surface area contributed by atoms with E-state index >= 15 is 0 Å². The molecule has 0 aromatic carbocycles. The first kappa shape index (κ1) is 10.2. The Hall–Kier alpha value is -1.36. The van der Waals surface area contributed by atoms with Gasteiger partial charge in [-0.2, -0.15) is 0 Å². The van der Waals surface area contributed by atoms with Crippen molar-refractivity contribution in [1.82, 2.24) is 10.5 Å². The zero-order chi connectivity index (χ0) is 10.7. The standard InChI is InChI=1S/C10H14N2O3/c1-7-4-9(15-12-7)5-11-10(13)8-2-3-14-6-8/h4,8H,2-3,5-6H2,1H3,(H,11,13). The topological polar surface area (TPSA) is 64.4 Å². The highest BCUT2D eigenvalue weighted by molar-refractivity contribution is 5.78. The summed E-state index contributed by atoms with van der Waals surface area (Å²) in [6, 6.07) is 1.81. The second-order valence-corrected chi connectivity index (χ2v) is 3.71. The first-order valence-corrected chi connectivity index (χ1v) is 5.03. The predicted octanol–water partition coefficient (Wildman–Crippen LogP) is 0.636. The van der Waals surface area contributed by atoms with Crippen molar-refractivity contribution in [3.8, 4) is 0 Å². The number of carbonyl (C=O) groups is 1. The zero-order valence-corrected chi connectivity index (χ0v) is 8.66. The number of nitrogens with one attached hydrogen (secondary N) is 1. The lowest BCUT2D eigenvalue weighted by atomic mass is 10.1. The van der Waals surface area contributed by atoms with Gasteiger partial charge in [-0.15, -0.1) is 0 Å². The second kappa shape index (κ2) is 4.44. The van der Waals surface area contributed by atoms with Crippen molar-refractivity contribution in [2.45, 2.75) is 19.9 Å². The van der Waals surface area contributed by atoms with Crippen LogP contribution in [-0.2, 0) is 16.1 Å². The molecule has 0 radical (unpaired) electrons. The van der Waals surface area contributed by atoms with E-state index in [1.165, 1.54) is 0 Å². The predicted molar refractivity (Wildman–Crippen MR) is 52.0 cm³/mol. The van der Waals surface area contributed by atoms with E-state index in [0.717, 1.165) is 12.1 Å². The van der Waals surface area contributed by atoms with Crippen molar-refractivity contribution in [3.63, 3.8) is 0 Å². The highest BCUT2D eigenvalue weighted by atomic mass is 16.5. The van der Waals surface area contributed by atoms with Crippen LogP contribution >= 0.6 is 0 Å². The number of hydrogen-bond donors (Lipinski definition) is 1. The Morgan fingerprint density at radius 3 is 3.20 bits per heavy atom. The molecule has 2 heterocycles. The molecule has 1 aliphatic heterocycles. The number of hydrogen-bond acceptors (Lipinski definition) is 4. The summed E-state index contributed by atoms with van der Waals surface area (Å²) in [5.41, 5.74) is 0.823. The molecule has 2 rings (SSSR count). The molecule has 1 atom stereocenters. The molecule has 1 aromatic rings. The number of ether oxygens (including phenoxy) is 1. The van der Waals surface area contributed by atoms with Gasteiger partial charge in [-0.25, -0.2) is 0 Å². The Morgan fingerprint density at radius 1 is 1.73 bits per heavy atom. The van der Waals surface area contributed by atoms with Crippen LogP contribution in [0.2, 0.25) is 0 Å². The SMILES string of the molecule is Cc1cc(CNC(=O)C2CCOC2)on1. The maximum Gasteiger partial charge on any atom is 0.225 e. The molecule has 0 aliphatic carbocycles. The molecule has 5 heteroatoms. The van der Waals surface area contributed by atoms with Gasteiger partial charge < -0.3 is 14.6 Å². The van der Waals surface area contributed by atoms with Crippen molar-refractivity contribution in [2.75, 3.05) is 13.2 Å². The van der Waals surface area contributed by atoms with Gasteiger partial charge >= 0.3 is 0 Å². The number of carbonyl (C=O) groups excluding carboxylic acids is 1. The monoisotopic (exact) mass is 210 g/mol. The van der Waals surface area contributed by atoms with Gasteiger partial charge in [0.25, 0.3) is 0 Å². The Labute approximate surface area is 87.8 Å². The fraction of sp³-hybridized carbons (Fsp3) is 0.600. The summed E-state index contributed by atoms with van der Waals surface area (Å²) in [6.45, 7) is 3.45. The molecule has 1 aliphatic rings. The van der Waals surface area contributed by atoms with Crippen molar-refractivity contribution >= 4 is 5.91 Å². The lowest BCUT2D eigenvalue weighted by molar-refractivity contribution is -0.125. The molecular weight excluding hydrogens is 196 g/mol. The average Bonchev–Trinajstić information content (AvgIpc) is 2.84. The van der Waals surface area contributed by atoms with Gasteiger partial charge in [-0.05, 0) is 13.3 Å². The second-order valence-electron chi connectivity index (χ2n) is 3.71. The van der Waals surface area contributed by atoms with Crippen LogP contribution in [0, 0.1) is 12.8 Å². The number of aryl methyl sites for hydroxylation is 1. The van der Waals surface area contributed by atoms with E-state index in [1.807, 2.05) is 13.0 Å². The molecule has 1 amide bonds. The molecule has 1 N–H and O–H groups in total. The average molecular weight is 210 g/mol. The Balaban J connectivity index is 1.80. The Bertz CT molecular complexity index is 342. The molecule has 5 nitrogen and oxygen atoms in total. The van der Waals surface area contributed by atoms with Crippen LogP contribution in [0.4, 0.5) is 0 Å². The summed E-state index contributed by atoms with van der Waals surface area (Å²) in [4.78, 5) is 11.6. The summed E-state index contributed by atoms with van der Waals surface area (Å²) in [5, 5.41) is 6.54. The van der Waals surface area contributed by atoms with Crippen LogP contribution in [0.5, 0.6) is 0 Å². The first-order valence-electron chi connectivity index (χ1n) is 5.03. The molecule has 1 saturated heterocycles. The molecule has 15 heavy (non-hydrogen) atoms. The lowest BCUT2D eigenvalue weighted by Crippen LogP contribution is -2.30. The minimum Gasteiger partial charge on any atom is -0.381 e. The first-order chi connectivity index (χ1) is 7.25. The minimum absolute atomic E-state index is 0.00554. The molecule has 0 bridgehead atoms. The quantitative estimate of drug-likeness (QED) is 0.795. The highest BCUT2D eigenvalue weighted by Gasteiger charge is 2.23. The number of aromatic nitrogens is 1. The summed E-state index contributed by atoms with van der Waals surface area (Å²) < 4.78 is 10.1. The highest BCUT2D eigenvalue weighted by Crippen LogP contribution is 2.12.